The molecular weight excluding hydrogens is 275 g/mol. The van der Waals surface area contributed by atoms with E-state index in [9.17, 15) is 0 Å². The van der Waals surface area contributed by atoms with Gasteiger partial charge in [-0.1, -0.05) is 24.3 Å². The first kappa shape index (κ1) is 14.7. The number of benzene rings is 1. The molecule has 1 saturated carbocycles. The Kier molecular flexibility index (Phi) is 3.08. The highest BCUT2D eigenvalue weighted by Crippen LogP contribution is 2.58. The molecule has 4 rings (SSSR count). The summed E-state index contributed by atoms with van der Waals surface area (Å²) in [7, 11) is -0.263. The summed E-state index contributed by atoms with van der Waals surface area (Å²) in [5.41, 5.74) is 2.41. The molecule has 1 aromatic rings. The van der Waals surface area contributed by atoms with Crippen molar-refractivity contribution in [2.24, 2.45) is 5.92 Å². The molecule has 1 aliphatic carbocycles. The maximum atomic E-state index is 6.13. The van der Waals surface area contributed by atoms with Gasteiger partial charge in [0.1, 0.15) is 0 Å². The van der Waals surface area contributed by atoms with E-state index >= 15 is 0 Å². The Labute approximate surface area is 133 Å². The van der Waals surface area contributed by atoms with Crippen LogP contribution in [-0.4, -0.2) is 31.5 Å². The zero-order valence-corrected chi connectivity index (χ0v) is 14.0. The van der Waals surface area contributed by atoms with Crippen LogP contribution in [-0.2, 0) is 19.5 Å². The summed E-state index contributed by atoms with van der Waals surface area (Å²) in [6.45, 7) is 10.2. The van der Waals surface area contributed by atoms with Crippen molar-refractivity contribution in [3.63, 3.8) is 0 Å². The minimum Gasteiger partial charge on any atom is -0.399 e. The van der Waals surface area contributed by atoms with Gasteiger partial charge in [-0.05, 0) is 57.5 Å². The summed E-state index contributed by atoms with van der Waals surface area (Å²) in [5, 5.41) is 0. The Balaban J connectivity index is 1.54. The number of fused-ring (bicyclic) bond motifs is 1. The molecule has 0 amide bonds. The van der Waals surface area contributed by atoms with Gasteiger partial charge in [0.15, 0.2) is 0 Å². The van der Waals surface area contributed by atoms with Gasteiger partial charge in [-0.3, -0.25) is 0 Å². The van der Waals surface area contributed by atoms with E-state index in [0.717, 1.165) is 31.0 Å². The van der Waals surface area contributed by atoms with E-state index in [1.807, 2.05) is 0 Å². The molecule has 2 atom stereocenters. The van der Waals surface area contributed by atoms with E-state index < -0.39 is 0 Å². The molecule has 0 N–H and O–H groups in total. The van der Waals surface area contributed by atoms with Crippen LogP contribution in [0.5, 0.6) is 0 Å². The Bertz CT molecular complexity index is 564. The second-order valence-corrected chi connectivity index (χ2v) is 8.09. The first-order valence-electron chi connectivity index (χ1n) is 8.38. The first-order valence-corrected chi connectivity index (χ1v) is 8.38. The van der Waals surface area contributed by atoms with Crippen LogP contribution in [0.2, 0.25) is 0 Å². The molecule has 0 aromatic heterocycles. The van der Waals surface area contributed by atoms with Gasteiger partial charge >= 0.3 is 7.12 Å². The maximum absolute atomic E-state index is 6.13. The van der Waals surface area contributed by atoms with Crippen molar-refractivity contribution in [3.05, 3.63) is 29.8 Å². The zero-order valence-electron chi connectivity index (χ0n) is 14.0. The average molecular weight is 300 g/mol. The fourth-order valence-electron chi connectivity index (χ4n) is 3.83. The fourth-order valence-corrected chi connectivity index (χ4v) is 3.83. The fraction of sp³-hybridized carbons (Fsp3) is 0.667. The Hall–Kier alpha value is -0.835. The first-order chi connectivity index (χ1) is 10.3. The summed E-state index contributed by atoms with van der Waals surface area (Å²) < 4.78 is 17.8. The quantitative estimate of drug-likeness (QED) is 0.786. The summed E-state index contributed by atoms with van der Waals surface area (Å²) >= 11 is 0. The molecule has 1 aromatic carbocycles. The lowest BCUT2D eigenvalue weighted by molar-refractivity contribution is 0.00578. The van der Waals surface area contributed by atoms with Crippen molar-refractivity contribution in [1.82, 2.24) is 0 Å². The van der Waals surface area contributed by atoms with Crippen molar-refractivity contribution < 1.29 is 14.0 Å². The van der Waals surface area contributed by atoms with Gasteiger partial charge in [-0.15, -0.1) is 0 Å². The van der Waals surface area contributed by atoms with E-state index in [1.165, 1.54) is 12.0 Å². The molecule has 2 unspecified atom stereocenters. The van der Waals surface area contributed by atoms with E-state index in [0.29, 0.717) is 5.41 Å². The number of rotatable bonds is 2. The molecule has 22 heavy (non-hydrogen) atoms. The molecule has 4 heteroatoms. The van der Waals surface area contributed by atoms with Crippen LogP contribution in [0.3, 0.4) is 0 Å². The molecule has 0 radical (unpaired) electrons. The molecular formula is C18H25BO3. The minimum atomic E-state index is -0.280. The molecule has 2 heterocycles. The van der Waals surface area contributed by atoms with Gasteiger partial charge in [0, 0.05) is 12.0 Å². The third-order valence-electron chi connectivity index (χ3n) is 6.25. The number of hydrogen-bond donors (Lipinski definition) is 0. The highest BCUT2D eigenvalue weighted by molar-refractivity contribution is 6.62. The largest absolute Gasteiger partial charge is 0.494 e. The monoisotopic (exact) mass is 300 g/mol. The van der Waals surface area contributed by atoms with Gasteiger partial charge in [0.05, 0.1) is 17.8 Å². The molecule has 3 aliphatic rings. The second-order valence-electron chi connectivity index (χ2n) is 8.09. The lowest BCUT2D eigenvalue weighted by Gasteiger charge is -2.32. The summed E-state index contributed by atoms with van der Waals surface area (Å²) in [4.78, 5) is 0. The van der Waals surface area contributed by atoms with E-state index in [2.05, 4.69) is 52.0 Å². The zero-order chi connectivity index (χ0) is 15.6. The Morgan fingerprint density at radius 3 is 2.23 bits per heavy atom. The molecule has 0 bridgehead atoms. The van der Waals surface area contributed by atoms with E-state index in [4.69, 9.17) is 14.0 Å². The highest BCUT2D eigenvalue weighted by Gasteiger charge is 2.56. The molecule has 0 spiro atoms. The third-order valence-corrected chi connectivity index (χ3v) is 6.25. The number of hydrogen-bond acceptors (Lipinski definition) is 3. The maximum Gasteiger partial charge on any atom is 0.494 e. The smallest absolute Gasteiger partial charge is 0.399 e. The molecule has 3 nitrogen and oxygen atoms in total. The molecule has 118 valence electrons. The average Bonchev–Trinajstić information content (AvgIpc) is 3.17. The van der Waals surface area contributed by atoms with Crippen LogP contribution in [0.4, 0.5) is 0 Å². The van der Waals surface area contributed by atoms with Crippen LogP contribution in [0, 0.1) is 5.92 Å². The van der Waals surface area contributed by atoms with Crippen LogP contribution in [0.15, 0.2) is 24.3 Å². The standard InChI is InChI=1S/C18H25BO3/c1-16(2)17(3,4)22-19(21-16)15-7-5-13(6-8-15)18-9-10-20-12-14(18)11-18/h5-8,14H,9-12H2,1-4H3. The van der Waals surface area contributed by atoms with Crippen LogP contribution < -0.4 is 5.46 Å². The van der Waals surface area contributed by atoms with Crippen molar-refractivity contribution in [2.75, 3.05) is 13.2 Å². The van der Waals surface area contributed by atoms with Gasteiger partial charge in [-0.2, -0.15) is 0 Å². The molecule has 2 aliphatic heterocycles. The normalized spacial score (nSPS) is 35.3. The Morgan fingerprint density at radius 2 is 1.64 bits per heavy atom. The predicted octanol–water partition coefficient (Wildman–Crippen LogP) is 2.66. The highest BCUT2D eigenvalue weighted by atomic mass is 16.7. The van der Waals surface area contributed by atoms with Crippen LogP contribution >= 0.6 is 0 Å². The second kappa shape index (κ2) is 4.59. The minimum absolute atomic E-state index is 0.263. The van der Waals surface area contributed by atoms with Crippen LogP contribution in [0.25, 0.3) is 0 Å². The molecule has 3 fully saturated rings. The van der Waals surface area contributed by atoms with E-state index in [1.54, 1.807) is 0 Å². The summed E-state index contributed by atoms with van der Waals surface area (Å²) in [6, 6.07) is 8.89. The lowest BCUT2D eigenvalue weighted by Crippen LogP contribution is -2.41. The van der Waals surface area contributed by atoms with Crippen molar-refractivity contribution in [1.29, 1.82) is 0 Å². The van der Waals surface area contributed by atoms with Crippen LogP contribution in [0.1, 0.15) is 46.1 Å². The topological polar surface area (TPSA) is 27.7 Å². The van der Waals surface area contributed by atoms with Gasteiger partial charge < -0.3 is 14.0 Å². The van der Waals surface area contributed by atoms with Gasteiger partial charge in [0.2, 0.25) is 0 Å². The van der Waals surface area contributed by atoms with Crippen molar-refractivity contribution >= 4 is 12.6 Å². The van der Waals surface area contributed by atoms with Crippen molar-refractivity contribution in [3.8, 4) is 0 Å². The molecule has 2 saturated heterocycles. The SMILES string of the molecule is CC1(C)OB(c2ccc(C34CCOCC3C4)cc2)OC1(C)C. The van der Waals surface area contributed by atoms with Gasteiger partial charge in [-0.25, -0.2) is 0 Å². The predicted molar refractivity (Wildman–Crippen MR) is 87.4 cm³/mol. The van der Waals surface area contributed by atoms with Gasteiger partial charge in [0.25, 0.3) is 0 Å². The summed E-state index contributed by atoms with van der Waals surface area (Å²) in [6.07, 6.45) is 2.44. The lowest BCUT2D eigenvalue weighted by atomic mass is 9.77. The summed E-state index contributed by atoms with van der Waals surface area (Å²) in [5.74, 6) is 0.726. The third kappa shape index (κ3) is 2.08. The number of ether oxygens (including phenoxy) is 1. The van der Waals surface area contributed by atoms with Crippen molar-refractivity contribution in [2.45, 2.75) is 57.2 Å². The Morgan fingerprint density at radius 1 is 1.00 bits per heavy atom. The van der Waals surface area contributed by atoms with E-state index in [-0.39, 0.29) is 18.3 Å².